The van der Waals surface area contributed by atoms with Crippen LogP contribution in [0, 0.1) is 6.92 Å². The maximum absolute atomic E-state index is 8.11. The van der Waals surface area contributed by atoms with Gasteiger partial charge in [0, 0.05) is 15.9 Å². The van der Waals surface area contributed by atoms with Crippen LogP contribution in [-0.4, -0.2) is 6.54 Å². The summed E-state index contributed by atoms with van der Waals surface area (Å²) in [4.78, 5) is 2.71. The molecule has 0 atom stereocenters. The SMILES string of the molecule is Cc1cc(Br)ccc1CCN=[N+]=[N-]. The first kappa shape index (κ1) is 10.1. The van der Waals surface area contributed by atoms with Gasteiger partial charge in [-0.25, -0.2) is 0 Å². The first-order valence-corrected chi connectivity index (χ1v) is 4.79. The van der Waals surface area contributed by atoms with Crippen LogP contribution in [0.25, 0.3) is 10.4 Å². The van der Waals surface area contributed by atoms with Gasteiger partial charge in [-0.1, -0.05) is 27.1 Å². The monoisotopic (exact) mass is 239 g/mol. The number of rotatable bonds is 3. The van der Waals surface area contributed by atoms with E-state index in [0.717, 1.165) is 10.9 Å². The van der Waals surface area contributed by atoms with Gasteiger partial charge in [0.25, 0.3) is 0 Å². The molecule has 1 aromatic carbocycles. The smallest absolute Gasteiger partial charge is 0.0298 e. The first-order chi connectivity index (χ1) is 6.24. The van der Waals surface area contributed by atoms with E-state index in [1.165, 1.54) is 11.1 Å². The molecule has 0 saturated heterocycles. The van der Waals surface area contributed by atoms with Crippen LogP contribution < -0.4 is 0 Å². The molecule has 0 radical (unpaired) electrons. The van der Waals surface area contributed by atoms with E-state index in [-0.39, 0.29) is 0 Å². The van der Waals surface area contributed by atoms with Crippen molar-refractivity contribution in [2.75, 3.05) is 6.54 Å². The van der Waals surface area contributed by atoms with E-state index in [1.54, 1.807) is 0 Å². The molecule has 13 heavy (non-hydrogen) atoms. The van der Waals surface area contributed by atoms with Crippen molar-refractivity contribution in [1.29, 1.82) is 0 Å². The molecule has 0 heterocycles. The van der Waals surface area contributed by atoms with Crippen molar-refractivity contribution in [3.8, 4) is 0 Å². The lowest BCUT2D eigenvalue weighted by Gasteiger charge is -2.03. The minimum atomic E-state index is 0.527. The van der Waals surface area contributed by atoms with E-state index < -0.39 is 0 Å². The molecule has 0 aromatic heterocycles. The second-order valence-electron chi connectivity index (χ2n) is 2.78. The van der Waals surface area contributed by atoms with E-state index in [1.807, 2.05) is 12.1 Å². The zero-order valence-corrected chi connectivity index (χ0v) is 8.95. The predicted molar refractivity (Wildman–Crippen MR) is 56.6 cm³/mol. The number of nitrogens with zero attached hydrogens (tertiary/aromatic N) is 3. The molecule has 1 rings (SSSR count). The van der Waals surface area contributed by atoms with Crippen molar-refractivity contribution in [2.45, 2.75) is 13.3 Å². The highest BCUT2D eigenvalue weighted by molar-refractivity contribution is 9.10. The average molecular weight is 240 g/mol. The largest absolute Gasteiger partial charge is 0.0936 e. The van der Waals surface area contributed by atoms with E-state index in [0.29, 0.717) is 6.54 Å². The van der Waals surface area contributed by atoms with Crippen molar-refractivity contribution in [3.05, 3.63) is 44.2 Å². The van der Waals surface area contributed by atoms with Crippen LogP contribution >= 0.6 is 15.9 Å². The van der Waals surface area contributed by atoms with E-state index in [4.69, 9.17) is 5.53 Å². The van der Waals surface area contributed by atoms with Gasteiger partial charge < -0.3 is 0 Å². The summed E-state index contributed by atoms with van der Waals surface area (Å²) in [6, 6.07) is 6.11. The van der Waals surface area contributed by atoms with Gasteiger partial charge >= 0.3 is 0 Å². The quantitative estimate of drug-likeness (QED) is 0.440. The average Bonchev–Trinajstić information content (AvgIpc) is 2.09. The van der Waals surface area contributed by atoms with Crippen molar-refractivity contribution in [1.82, 2.24) is 0 Å². The molecule has 0 unspecified atom stereocenters. The topological polar surface area (TPSA) is 48.8 Å². The van der Waals surface area contributed by atoms with Crippen molar-refractivity contribution >= 4 is 15.9 Å². The van der Waals surface area contributed by atoms with Crippen LogP contribution in [0.3, 0.4) is 0 Å². The number of halogens is 1. The molecule has 3 nitrogen and oxygen atoms in total. The normalized spacial score (nSPS) is 9.38. The molecule has 0 bridgehead atoms. The second kappa shape index (κ2) is 4.90. The fourth-order valence-corrected chi connectivity index (χ4v) is 1.63. The maximum Gasteiger partial charge on any atom is 0.0298 e. The van der Waals surface area contributed by atoms with Crippen molar-refractivity contribution in [2.24, 2.45) is 5.11 Å². The van der Waals surface area contributed by atoms with E-state index in [9.17, 15) is 0 Å². The summed E-state index contributed by atoms with van der Waals surface area (Å²) in [5.74, 6) is 0. The Labute approximate surface area is 85.5 Å². The second-order valence-corrected chi connectivity index (χ2v) is 3.69. The van der Waals surface area contributed by atoms with Crippen LogP contribution in [0.4, 0.5) is 0 Å². The number of hydrogen-bond donors (Lipinski definition) is 0. The molecular formula is C9H10BrN3. The lowest BCUT2D eigenvalue weighted by molar-refractivity contribution is 0.946. The van der Waals surface area contributed by atoms with Gasteiger partial charge in [-0.05, 0) is 42.1 Å². The zero-order chi connectivity index (χ0) is 9.68. The first-order valence-electron chi connectivity index (χ1n) is 4.00. The summed E-state index contributed by atoms with van der Waals surface area (Å²) in [7, 11) is 0. The van der Waals surface area contributed by atoms with Crippen LogP contribution in [0.2, 0.25) is 0 Å². The van der Waals surface area contributed by atoms with Gasteiger partial charge in [-0.2, -0.15) is 0 Å². The van der Waals surface area contributed by atoms with Crippen LogP contribution in [0.15, 0.2) is 27.8 Å². The number of benzene rings is 1. The summed E-state index contributed by atoms with van der Waals surface area (Å²) in [6.07, 6.45) is 0.809. The lowest BCUT2D eigenvalue weighted by Crippen LogP contribution is -1.91. The van der Waals surface area contributed by atoms with Crippen LogP contribution in [0.5, 0.6) is 0 Å². The fourth-order valence-electron chi connectivity index (χ4n) is 1.15. The van der Waals surface area contributed by atoms with Gasteiger partial charge in [0.2, 0.25) is 0 Å². The molecule has 0 N–H and O–H groups in total. The van der Waals surface area contributed by atoms with Gasteiger partial charge in [0.1, 0.15) is 0 Å². The standard InChI is InChI=1S/C9H10BrN3/c1-7-6-9(10)3-2-8(7)4-5-12-13-11/h2-3,6H,4-5H2,1H3. The summed E-state index contributed by atoms with van der Waals surface area (Å²) in [5.41, 5.74) is 10.6. The third-order valence-corrected chi connectivity index (χ3v) is 2.34. The summed E-state index contributed by atoms with van der Waals surface area (Å²) < 4.78 is 1.08. The number of hydrogen-bond acceptors (Lipinski definition) is 1. The Morgan fingerprint density at radius 2 is 2.31 bits per heavy atom. The van der Waals surface area contributed by atoms with Gasteiger partial charge in [0.15, 0.2) is 0 Å². The molecule has 0 fully saturated rings. The Balaban J connectivity index is 2.71. The summed E-state index contributed by atoms with van der Waals surface area (Å²) in [5, 5.41) is 3.50. The van der Waals surface area contributed by atoms with Crippen LogP contribution in [0.1, 0.15) is 11.1 Å². The molecular weight excluding hydrogens is 230 g/mol. The van der Waals surface area contributed by atoms with Crippen molar-refractivity contribution < 1.29 is 0 Å². The fraction of sp³-hybridized carbons (Fsp3) is 0.333. The Morgan fingerprint density at radius 1 is 1.54 bits per heavy atom. The Kier molecular flexibility index (Phi) is 3.80. The van der Waals surface area contributed by atoms with E-state index >= 15 is 0 Å². The molecule has 0 amide bonds. The third kappa shape index (κ3) is 3.09. The highest BCUT2D eigenvalue weighted by Crippen LogP contribution is 2.16. The molecule has 0 aliphatic rings. The highest BCUT2D eigenvalue weighted by atomic mass is 79.9. The lowest BCUT2D eigenvalue weighted by atomic mass is 10.1. The summed E-state index contributed by atoms with van der Waals surface area (Å²) in [6.45, 7) is 2.58. The zero-order valence-electron chi connectivity index (χ0n) is 7.37. The van der Waals surface area contributed by atoms with Crippen molar-refractivity contribution in [3.63, 3.8) is 0 Å². The molecule has 4 heteroatoms. The molecule has 0 saturated carbocycles. The maximum atomic E-state index is 8.11. The predicted octanol–water partition coefficient (Wildman–Crippen LogP) is 3.61. The Morgan fingerprint density at radius 3 is 2.92 bits per heavy atom. The molecule has 1 aromatic rings. The minimum Gasteiger partial charge on any atom is -0.0936 e. The van der Waals surface area contributed by atoms with E-state index in [2.05, 4.69) is 38.9 Å². The molecule has 0 aliphatic heterocycles. The number of azide groups is 1. The molecule has 68 valence electrons. The minimum absolute atomic E-state index is 0.527. The number of aryl methyl sites for hydroxylation is 1. The van der Waals surface area contributed by atoms with Gasteiger partial charge in [0.05, 0.1) is 0 Å². The molecule has 0 spiro atoms. The third-order valence-electron chi connectivity index (χ3n) is 1.85. The molecule has 0 aliphatic carbocycles. The Bertz CT molecular complexity index is 343. The van der Waals surface area contributed by atoms with Gasteiger partial charge in [-0.15, -0.1) is 0 Å². The summed E-state index contributed by atoms with van der Waals surface area (Å²) >= 11 is 3.40. The van der Waals surface area contributed by atoms with Crippen LogP contribution in [-0.2, 0) is 6.42 Å². The van der Waals surface area contributed by atoms with Gasteiger partial charge in [-0.3, -0.25) is 0 Å². The highest BCUT2D eigenvalue weighted by Gasteiger charge is 1.97. The Hall–Kier alpha value is -0.990.